The molecule has 9 heteroatoms. The van der Waals surface area contributed by atoms with Crippen LogP contribution in [0.15, 0.2) is 41.2 Å². The van der Waals surface area contributed by atoms with Gasteiger partial charge in [-0.15, -0.1) is 0 Å². The molecule has 4 rings (SSSR count). The maximum absolute atomic E-state index is 12.7. The first-order valence-corrected chi connectivity index (χ1v) is 9.95. The molecule has 2 heterocycles. The molecule has 1 aromatic heterocycles. The lowest BCUT2D eigenvalue weighted by Gasteiger charge is -2.18. The Hall–Kier alpha value is -3.03. The minimum atomic E-state index is -0.277. The topological polar surface area (TPSA) is 84.5 Å². The van der Waals surface area contributed by atoms with Crippen molar-refractivity contribution in [2.24, 2.45) is 0 Å². The molecule has 0 aliphatic carbocycles. The molecule has 1 N–H and O–H groups in total. The van der Waals surface area contributed by atoms with Crippen molar-refractivity contribution in [3.8, 4) is 11.5 Å². The Morgan fingerprint density at radius 2 is 2.10 bits per heavy atom. The van der Waals surface area contributed by atoms with E-state index in [1.807, 2.05) is 6.92 Å². The monoisotopic (exact) mass is 445 g/mol. The van der Waals surface area contributed by atoms with Crippen molar-refractivity contribution in [2.45, 2.75) is 13.5 Å². The van der Waals surface area contributed by atoms with Crippen molar-refractivity contribution in [1.82, 2.24) is 14.9 Å². The molecule has 0 radical (unpaired) electrons. The summed E-state index contributed by atoms with van der Waals surface area (Å²) in [7, 11) is 0. The fraction of sp³-hybridized carbons (Fsp3) is 0.190. The van der Waals surface area contributed by atoms with E-state index in [0.717, 1.165) is 0 Å². The highest BCUT2D eigenvalue weighted by Crippen LogP contribution is 2.40. The number of carbonyl (C=O) groups is 1. The van der Waals surface area contributed by atoms with Crippen LogP contribution in [0, 0.1) is 0 Å². The molecule has 1 amide bonds. The predicted octanol–water partition coefficient (Wildman–Crippen LogP) is 4.02. The van der Waals surface area contributed by atoms with Gasteiger partial charge in [-0.25, -0.2) is 4.98 Å². The zero-order valence-corrected chi connectivity index (χ0v) is 17.5. The van der Waals surface area contributed by atoms with Gasteiger partial charge in [0.2, 0.25) is 12.7 Å². The van der Waals surface area contributed by atoms with E-state index in [0.29, 0.717) is 50.4 Å². The van der Waals surface area contributed by atoms with Gasteiger partial charge in [0.1, 0.15) is 5.82 Å². The van der Waals surface area contributed by atoms with Gasteiger partial charge < -0.3 is 19.4 Å². The summed E-state index contributed by atoms with van der Waals surface area (Å²) in [6, 6.07) is 8.32. The fourth-order valence-corrected chi connectivity index (χ4v) is 3.56. The Balaban J connectivity index is 1.53. The molecule has 30 heavy (non-hydrogen) atoms. The number of hydrogen-bond donors (Lipinski definition) is 1. The van der Waals surface area contributed by atoms with E-state index in [2.05, 4.69) is 9.97 Å². The van der Waals surface area contributed by atoms with Gasteiger partial charge >= 0.3 is 0 Å². The smallest absolute Gasteiger partial charge is 0.258 e. The van der Waals surface area contributed by atoms with E-state index in [1.54, 1.807) is 41.3 Å². The Kier molecular flexibility index (Phi) is 5.65. The van der Waals surface area contributed by atoms with Gasteiger partial charge in [0.05, 0.1) is 22.5 Å². The number of aromatic amines is 1. The number of nitrogens with one attached hydrogen (secondary N) is 1. The SMILES string of the molecule is CCN(Cc1nc2cc(Cl)ccc2c(=O)[nH]1)C(=O)C=Cc1cc(Cl)c2c(c1)OCO2. The van der Waals surface area contributed by atoms with Crippen LogP contribution in [-0.4, -0.2) is 34.1 Å². The molecule has 154 valence electrons. The standard InChI is InChI=1S/C21H17Cl2N3O4/c1-2-26(10-18-24-16-9-13(22)4-5-14(16)21(28)25-18)19(27)6-3-12-7-15(23)20-17(8-12)29-11-30-20/h3-9H,2,10-11H2,1H3,(H,24,25,28). The summed E-state index contributed by atoms with van der Waals surface area (Å²) in [5.74, 6) is 1.19. The molecule has 0 saturated carbocycles. The lowest BCUT2D eigenvalue weighted by Crippen LogP contribution is -2.30. The van der Waals surface area contributed by atoms with Crippen LogP contribution < -0.4 is 15.0 Å². The maximum Gasteiger partial charge on any atom is 0.258 e. The summed E-state index contributed by atoms with van der Waals surface area (Å²) in [4.78, 5) is 33.7. The summed E-state index contributed by atoms with van der Waals surface area (Å²) in [6.07, 6.45) is 3.09. The third kappa shape index (κ3) is 4.13. The molecule has 0 fully saturated rings. The molecule has 1 aliphatic heterocycles. The highest BCUT2D eigenvalue weighted by molar-refractivity contribution is 6.32. The third-order valence-electron chi connectivity index (χ3n) is 4.62. The number of carbonyl (C=O) groups excluding carboxylic acids is 1. The molecule has 7 nitrogen and oxygen atoms in total. The van der Waals surface area contributed by atoms with Crippen molar-refractivity contribution in [3.05, 3.63) is 68.2 Å². The quantitative estimate of drug-likeness (QED) is 0.599. The maximum atomic E-state index is 12.7. The summed E-state index contributed by atoms with van der Waals surface area (Å²) in [5, 5.41) is 1.35. The van der Waals surface area contributed by atoms with Crippen LogP contribution in [0.3, 0.4) is 0 Å². The van der Waals surface area contributed by atoms with Crippen LogP contribution in [0.25, 0.3) is 17.0 Å². The number of hydrogen-bond acceptors (Lipinski definition) is 5. The summed E-state index contributed by atoms with van der Waals surface area (Å²) in [5.41, 5.74) is 0.913. The highest BCUT2D eigenvalue weighted by Gasteiger charge is 2.18. The average Bonchev–Trinajstić information content (AvgIpc) is 3.19. The number of rotatable bonds is 5. The van der Waals surface area contributed by atoms with Gasteiger partial charge in [-0.3, -0.25) is 9.59 Å². The lowest BCUT2D eigenvalue weighted by molar-refractivity contribution is -0.126. The van der Waals surface area contributed by atoms with Crippen molar-refractivity contribution in [3.63, 3.8) is 0 Å². The number of fused-ring (bicyclic) bond motifs is 2. The number of benzene rings is 2. The van der Waals surface area contributed by atoms with Crippen molar-refractivity contribution < 1.29 is 14.3 Å². The number of amides is 1. The zero-order chi connectivity index (χ0) is 21.3. The summed E-state index contributed by atoms with van der Waals surface area (Å²) < 4.78 is 10.6. The van der Waals surface area contributed by atoms with Gasteiger partial charge in [-0.05, 0) is 48.9 Å². The molecular formula is C21H17Cl2N3O4. The largest absolute Gasteiger partial charge is 0.454 e. The Bertz CT molecular complexity index is 1220. The van der Waals surface area contributed by atoms with Crippen molar-refractivity contribution >= 4 is 46.1 Å². The first kappa shape index (κ1) is 20.3. The third-order valence-corrected chi connectivity index (χ3v) is 5.14. The van der Waals surface area contributed by atoms with E-state index in [4.69, 9.17) is 32.7 Å². The number of halogens is 2. The predicted molar refractivity (Wildman–Crippen MR) is 115 cm³/mol. The number of ether oxygens (including phenoxy) is 2. The number of likely N-dealkylation sites (N-methyl/N-ethyl adjacent to an activating group) is 1. The molecule has 0 spiro atoms. The average molecular weight is 446 g/mol. The molecule has 0 atom stereocenters. The Labute approximate surface area is 181 Å². The normalized spacial score (nSPS) is 12.6. The fourth-order valence-electron chi connectivity index (χ4n) is 3.12. The summed E-state index contributed by atoms with van der Waals surface area (Å²) >= 11 is 12.2. The van der Waals surface area contributed by atoms with Crippen molar-refractivity contribution in [2.75, 3.05) is 13.3 Å². The second kappa shape index (κ2) is 8.38. The lowest BCUT2D eigenvalue weighted by atomic mass is 10.2. The number of aromatic nitrogens is 2. The molecular weight excluding hydrogens is 429 g/mol. The highest BCUT2D eigenvalue weighted by atomic mass is 35.5. The molecule has 0 unspecified atom stereocenters. The van der Waals surface area contributed by atoms with Gasteiger partial charge in [0, 0.05) is 17.6 Å². The van der Waals surface area contributed by atoms with Crippen LogP contribution >= 0.6 is 23.2 Å². The van der Waals surface area contributed by atoms with Gasteiger partial charge in [0.25, 0.3) is 5.56 Å². The van der Waals surface area contributed by atoms with E-state index in [9.17, 15) is 9.59 Å². The van der Waals surface area contributed by atoms with Crippen LogP contribution in [0.5, 0.6) is 11.5 Å². The summed E-state index contributed by atoms with van der Waals surface area (Å²) in [6.45, 7) is 2.55. The van der Waals surface area contributed by atoms with E-state index in [-0.39, 0.29) is 24.8 Å². The second-order valence-electron chi connectivity index (χ2n) is 6.60. The van der Waals surface area contributed by atoms with Gasteiger partial charge in [-0.1, -0.05) is 23.2 Å². The van der Waals surface area contributed by atoms with Crippen molar-refractivity contribution in [1.29, 1.82) is 0 Å². The van der Waals surface area contributed by atoms with Gasteiger partial charge in [0.15, 0.2) is 11.5 Å². The molecule has 2 aromatic carbocycles. The number of nitrogens with zero attached hydrogens (tertiary/aromatic N) is 2. The first-order valence-electron chi connectivity index (χ1n) is 9.19. The molecule has 0 bridgehead atoms. The van der Waals surface area contributed by atoms with Crippen LogP contribution in [-0.2, 0) is 11.3 Å². The van der Waals surface area contributed by atoms with E-state index < -0.39 is 0 Å². The first-order chi connectivity index (χ1) is 14.4. The second-order valence-corrected chi connectivity index (χ2v) is 7.44. The Morgan fingerprint density at radius 3 is 2.90 bits per heavy atom. The van der Waals surface area contributed by atoms with E-state index >= 15 is 0 Å². The molecule has 0 saturated heterocycles. The van der Waals surface area contributed by atoms with Crippen LogP contribution in [0.4, 0.5) is 0 Å². The molecule has 1 aliphatic rings. The zero-order valence-electron chi connectivity index (χ0n) is 15.9. The van der Waals surface area contributed by atoms with Crippen LogP contribution in [0.2, 0.25) is 10.0 Å². The minimum Gasteiger partial charge on any atom is -0.454 e. The number of H-pyrrole nitrogens is 1. The molecule has 3 aromatic rings. The van der Waals surface area contributed by atoms with Gasteiger partial charge in [-0.2, -0.15) is 0 Å². The Morgan fingerprint density at radius 1 is 1.27 bits per heavy atom. The minimum absolute atomic E-state index is 0.118. The van der Waals surface area contributed by atoms with Crippen LogP contribution in [0.1, 0.15) is 18.3 Å². The van der Waals surface area contributed by atoms with E-state index in [1.165, 1.54) is 6.08 Å².